The minimum atomic E-state index is -0.263. The fourth-order valence-corrected chi connectivity index (χ4v) is 4.52. The van der Waals surface area contributed by atoms with Crippen LogP contribution < -0.4 is 10.6 Å². The first kappa shape index (κ1) is 25.1. The van der Waals surface area contributed by atoms with E-state index in [1.807, 2.05) is 49.9 Å². The number of carbonyl (C=O) groups excluding carboxylic acids is 2. The van der Waals surface area contributed by atoms with Crippen molar-refractivity contribution in [2.45, 2.75) is 32.7 Å². The Bertz CT molecular complexity index is 1430. The summed E-state index contributed by atoms with van der Waals surface area (Å²) >= 11 is 0. The first-order valence-corrected chi connectivity index (χ1v) is 12.8. The molecule has 0 aliphatic carbocycles. The van der Waals surface area contributed by atoms with Gasteiger partial charge in [0.2, 0.25) is 0 Å². The molecular formula is C31H31N5O2. The molecule has 192 valence electrons. The Balaban J connectivity index is 1.20. The van der Waals surface area contributed by atoms with Gasteiger partial charge in [-0.2, -0.15) is 0 Å². The van der Waals surface area contributed by atoms with Crippen molar-refractivity contribution in [3.8, 4) is 11.1 Å². The number of hydrogen-bond donors (Lipinski definition) is 2. The minimum Gasteiger partial charge on any atom is -0.368 e. The lowest BCUT2D eigenvalue weighted by Crippen LogP contribution is -2.48. The highest BCUT2D eigenvalue weighted by atomic mass is 16.2. The van der Waals surface area contributed by atoms with Crippen LogP contribution in [0, 0.1) is 6.92 Å². The van der Waals surface area contributed by atoms with Crippen molar-refractivity contribution >= 4 is 23.3 Å². The summed E-state index contributed by atoms with van der Waals surface area (Å²) in [5, 5.41) is 6.14. The van der Waals surface area contributed by atoms with Crippen LogP contribution >= 0.6 is 0 Å². The Labute approximate surface area is 223 Å². The molecular weight excluding hydrogens is 474 g/mol. The predicted molar refractivity (Wildman–Crippen MR) is 150 cm³/mol. The Morgan fingerprint density at radius 2 is 1.58 bits per heavy atom. The second-order valence-corrected chi connectivity index (χ2v) is 9.98. The summed E-state index contributed by atoms with van der Waals surface area (Å²) in [5.74, 6) is 0.741. The third-order valence-electron chi connectivity index (χ3n) is 6.76. The Kier molecular flexibility index (Phi) is 7.18. The molecule has 0 unspecified atom stereocenters. The summed E-state index contributed by atoms with van der Waals surface area (Å²) in [6.45, 7) is 7.31. The lowest BCUT2D eigenvalue weighted by molar-refractivity contribution is 0.0602. The molecule has 0 saturated carbocycles. The van der Waals surface area contributed by atoms with Crippen LogP contribution in [0.5, 0.6) is 0 Å². The number of carbonyl (C=O) groups is 2. The molecule has 2 aromatic heterocycles. The van der Waals surface area contributed by atoms with Crippen LogP contribution in [0.3, 0.4) is 0 Å². The van der Waals surface area contributed by atoms with Crippen LogP contribution in [0.4, 0.5) is 11.5 Å². The van der Waals surface area contributed by atoms with Crippen molar-refractivity contribution in [1.29, 1.82) is 0 Å². The molecule has 1 saturated heterocycles. The average Bonchev–Trinajstić information content (AvgIpc) is 2.90. The lowest BCUT2D eigenvalue weighted by Gasteiger charge is -2.39. The maximum atomic E-state index is 13.2. The van der Waals surface area contributed by atoms with Crippen molar-refractivity contribution in [2.24, 2.45) is 0 Å². The van der Waals surface area contributed by atoms with Crippen LogP contribution in [0.2, 0.25) is 0 Å². The molecule has 3 heterocycles. The average molecular weight is 506 g/mol. The van der Waals surface area contributed by atoms with Crippen molar-refractivity contribution in [3.63, 3.8) is 0 Å². The van der Waals surface area contributed by atoms with Crippen LogP contribution in [0.15, 0.2) is 85.3 Å². The van der Waals surface area contributed by atoms with Gasteiger partial charge in [-0.3, -0.25) is 14.6 Å². The summed E-state index contributed by atoms with van der Waals surface area (Å²) in [6.07, 6.45) is 5.13. The van der Waals surface area contributed by atoms with E-state index in [1.54, 1.807) is 36.8 Å². The maximum Gasteiger partial charge on any atom is 0.257 e. The Hall–Kier alpha value is -4.52. The summed E-state index contributed by atoms with van der Waals surface area (Å²) in [7, 11) is 0. The van der Waals surface area contributed by atoms with E-state index in [2.05, 4.69) is 44.9 Å². The lowest BCUT2D eigenvalue weighted by atomic mass is 9.89. The number of aromatic nitrogens is 2. The Morgan fingerprint density at radius 3 is 2.24 bits per heavy atom. The van der Waals surface area contributed by atoms with Crippen LogP contribution in [0.25, 0.3) is 11.1 Å². The fourth-order valence-electron chi connectivity index (χ4n) is 4.52. The molecule has 4 aromatic rings. The first-order chi connectivity index (χ1) is 18.4. The van der Waals surface area contributed by atoms with E-state index in [1.165, 1.54) is 5.56 Å². The van der Waals surface area contributed by atoms with Gasteiger partial charge in [0, 0.05) is 54.9 Å². The van der Waals surface area contributed by atoms with Crippen molar-refractivity contribution < 1.29 is 9.59 Å². The highest BCUT2D eigenvalue weighted by Gasteiger charge is 2.32. The monoisotopic (exact) mass is 505 g/mol. The number of aryl methyl sites for hydroxylation is 1. The standard InChI is InChI=1S/C31H31N5O2/c1-20(2)34-29-11-10-26(17-33-29)30(37)35-28-16-25(5-4-21(28)3)31(38)36-18-27(19-36)23-8-6-22(7-9-23)24-12-14-32-15-13-24/h4-17,20,27H,18-19H2,1-3H3,(H,33,34)(H,35,37). The second kappa shape index (κ2) is 10.8. The number of anilines is 2. The largest absolute Gasteiger partial charge is 0.368 e. The maximum absolute atomic E-state index is 13.2. The van der Waals surface area contributed by atoms with Crippen LogP contribution in [-0.4, -0.2) is 45.8 Å². The summed E-state index contributed by atoms with van der Waals surface area (Å²) in [5.41, 5.74) is 6.04. The highest BCUT2D eigenvalue weighted by Crippen LogP contribution is 2.31. The molecule has 5 rings (SSSR count). The van der Waals surface area contributed by atoms with E-state index in [-0.39, 0.29) is 17.9 Å². The smallest absolute Gasteiger partial charge is 0.257 e. The molecule has 2 aromatic carbocycles. The number of nitrogens with one attached hydrogen (secondary N) is 2. The van der Waals surface area contributed by atoms with Gasteiger partial charge in [-0.05, 0) is 79.4 Å². The van der Waals surface area contributed by atoms with E-state index < -0.39 is 0 Å². The van der Waals surface area contributed by atoms with Gasteiger partial charge in [0.1, 0.15) is 5.82 Å². The molecule has 1 fully saturated rings. The number of likely N-dealkylation sites (tertiary alicyclic amines) is 1. The molecule has 7 nitrogen and oxygen atoms in total. The zero-order valence-corrected chi connectivity index (χ0v) is 21.8. The molecule has 2 amide bonds. The van der Waals surface area contributed by atoms with Crippen molar-refractivity contribution in [2.75, 3.05) is 23.7 Å². The van der Waals surface area contributed by atoms with Gasteiger partial charge in [-0.25, -0.2) is 4.98 Å². The van der Waals surface area contributed by atoms with Crippen LogP contribution in [-0.2, 0) is 0 Å². The third-order valence-corrected chi connectivity index (χ3v) is 6.76. The Morgan fingerprint density at radius 1 is 0.895 bits per heavy atom. The first-order valence-electron chi connectivity index (χ1n) is 12.8. The topological polar surface area (TPSA) is 87.2 Å². The van der Waals surface area contributed by atoms with Gasteiger partial charge in [-0.1, -0.05) is 30.3 Å². The van der Waals surface area contributed by atoms with Gasteiger partial charge >= 0.3 is 0 Å². The molecule has 2 N–H and O–H groups in total. The molecule has 0 atom stereocenters. The summed E-state index contributed by atoms with van der Waals surface area (Å²) in [6, 6.07) is 21.7. The van der Waals surface area contributed by atoms with E-state index in [9.17, 15) is 9.59 Å². The molecule has 0 bridgehead atoms. The highest BCUT2D eigenvalue weighted by molar-refractivity contribution is 6.05. The number of hydrogen-bond acceptors (Lipinski definition) is 5. The summed E-state index contributed by atoms with van der Waals surface area (Å²) < 4.78 is 0. The number of amides is 2. The van der Waals surface area contributed by atoms with Gasteiger partial charge in [0.25, 0.3) is 11.8 Å². The number of rotatable bonds is 7. The van der Waals surface area contributed by atoms with E-state index in [0.29, 0.717) is 35.8 Å². The van der Waals surface area contributed by atoms with Gasteiger partial charge in [-0.15, -0.1) is 0 Å². The zero-order valence-electron chi connectivity index (χ0n) is 21.8. The van der Waals surface area contributed by atoms with Gasteiger partial charge < -0.3 is 15.5 Å². The molecule has 7 heteroatoms. The third kappa shape index (κ3) is 5.57. The van der Waals surface area contributed by atoms with Crippen molar-refractivity contribution in [1.82, 2.24) is 14.9 Å². The second-order valence-electron chi connectivity index (χ2n) is 9.98. The SMILES string of the molecule is Cc1ccc(C(=O)N2CC(c3ccc(-c4ccncc4)cc3)C2)cc1NC(=O)c1ccc(NC(C)C)nc1. The molecule has 1 aliphatic heterocycles. The fraction of sp³-hybridized carbons (Fsp3) is 0.226. The van der Waals surface area contributed by atoms with Gasteiger partial charge in [0.15, 0.2) is 0 Å². The van der Waals surface area contributed by atoms with Crippen molar-refractivity contribution in [3.05, 3.63) is 108 Å². The minimum absolute atomic E-state index is 0.0315. The normalized spacial score (nSPS) is 13.2. The van der Waals surface area contributed by atoms with Crippen LogP contribution in [0.1, 0.15) is 51.6 Å². The van der Waals surface area contributed by atoms with E-state index in [0.717, 1.165) is 22.5 Å². The van der Waals surface area contributed by atoms with Gasteiger partial charge in [0.05, 0.1) is 5.56 Å². The quantitative estimate of drug-likeness (QED) is 0.333. The number of nitrogens with zero attached hydrogens (tertiary/aromatic N) is 3. The number of benzene rings is 2. The zero-order chi connectivity index (χ0) is 26.6. The summed E-state index contributed by atoms with van der Waals surface area (Å²) in [4.78, 5) is 36.2. The van der Waals surface area contributed by atoms with E-state index >= 15 is 0 Å². The molecule has 0 radical (unpaired) electrons. The van der Waals surface area contributed by atoms with E-state index in [4.69, 9.17) is 0 Å². The molecule has 0 spiro atoms. The molecule has 38 heavy (non-hydrogen) atoms. The predicted octanol–water partition coefficient (Wildman–Crippen LogP) is 5.76. The number of pyridine rings is 2. The molecule has 1 aliphatic rings.